The van der Waals surface area contributed by atoms with Crippen LogP contribution in [-0.2, 0) is 10.3 Å². The molecule has 134 valence electrons. The highest BCUT2D eigenvalue weighted by molar-refractivity contribution is 6.07. The number of hydrogen-bond donors (Lipinski definition) is 1. The molecule has 2 aromatic carbocycles. The van der Waals surface area contributed by atoms with Crippen LogP contribution in [0.1, 0.15) is 30.9 Å². The van der Waals surface area contributed by atoms with Crippen LogP contribution in [-0.4, -0.2) is 30.3 Å². The average Bonchev–Trinajstić information content (AvgIpc) is 2.90. The van der Waals surface area contributed by atoms with E-state index >= 15 is 0 Å². The molecular weight excluding hydrogens is 330 g/mol. The Hall–Kier alpha value is -3.15. The summed E-state index contributed by atoms with van der Waals surface area (Å²) in [5.41, 5.74) is 0.572. The predicted octanol–water partition coefficient (Wildman–Crippen LogP) is 3.25. The van der Waals surface area contributed by atoms with E-state index in [-0.39, 0.29) is 5.92 Å². The largest absolute Gasteiger partial charge is 0.497 e. The predicted molar refractivity (Wildman–Crippen MR) is 99.1 cm³/mol. The number of carbonyl (C=O) groups excluding carboxylic acids is 2. The van der Waals surface area contributed by atoms with Crippen molar-refractivity contribution in [3.63, 3.8) is 0 Å². The minimum absolute atomic E-state index is 0.0235. The van der Waals surface area contributed by atoms with E-state index in [0.29, 0.717) is 11.3 Å². The summed E-state index contributed by atoms with van der Waals surface area (Å²) in [6, 6.07) is 16.3. The standard InChI is InChI=1S/C20H21N3O3/c1-14(15-7-5-4-6-8-15)13-21-23-18(24)20(2,22-19(23)25)16-9-11-17(26-3)12-10-16/h4-14H,1-3H3,(H,22,25)/b21-13-/t14-,20+/m1/s1. The van der Waals surface area contributed by atoms with Gasteiger partial charge in [0.1, 0.15) is 11.3 Å². The highest BCUT2D eigenvalue weighted by Crippen LogP contribution is 2.30. The molecule has 0 saturated carbocycles. The Morgan fingerprint density at radius 3 is 2.38 bits per heavy atom. The number of imide groups is 1. The summed E-state index contributed by atoms with van der Waals surface area (Å²) >= 11 is 0. The third-order valence-corrected chi connectivity index (χ3v) is 4.57. The minimum atomic E-state index is -1.16. The monoisotopic (exact) mass is 351 g/mol. The van der Waals surface area contributed by atoms with Crippen molar-refractivity contribution in [1.82, 2.24) is 10.3 Å². The number of benzene rings is 2. The lowest BCUT2D eigenvalue weighted by Gasteiger charge is -2.21. The summed E-state index contributed by atoms with van der Waals surface area (Å²) in [6.45, 7) is 3.63. The lowest BCUT2D eigenvalue weighted by Crippen LogP contribution is -2.40. The Labute approximate surface area is 152 Å². The van der Waals surface area contributed by atoms with Crippen molar-refractivity contribution < 1.29 is 14.3 Å². The number of nitrogens with zero attached hydrogens (tertiary/aromatic N) is 2. The number of amides is 3. The third kappa shape index (κ3) is 3.18. The zero-order valence-electron chi connectivity index (χ0n) is 15.0. The molecule has 0 aliphatic carbocycles. The second kappa shape index (κ2) is 7.00. The fourth-order valence-electron chi connectivity index (χ4n) is 2.86. The first-order valence-corrected chi connectivity index (χ1v) is 8.36. The molecule has 1 fully saturated rings. The van der Waals surface area contributed by atoms with Crippen molar-refractivity contribution in [2.45, 2.75) is 25.3 Å². The van der Waals surface area contributed by atoms with Gasteiger partial charge in [0.15, 0.2) is 0 Å². The van der Waals surface area contributed by atoms with Crippen LogP contribution >= 0.6 is 0 Å². The van der Waals surface area contributed by atoms with E-state index in [0.717, 1.165) is 10.6 Å². The van der Waals surface area contributed by atoms with Crippen LogP contribution < -0.4 is 10.1 Å². The van der Waals surface area contributed by atoms with Crippen molar-refractivity contribution in [3.05, 3.63) is 65.7 Å². The van der Waals surface area contributed by atoms with E-state index in [1.807, 2.05) is 37.3 Å². The number of methoxy groups -OCH3 is 1. The Bertz CT molecular complexity index is 833. The zero-order valence-corrected chi connectivity index (χ0v) is 15.0. The van der Waals surface area contributed by atoms with Gasteiger partial charge in [-0.3, -0.25) is 4.79 Å². The number of hydrazone groups is 1. The molecule has 1 aliphatic heterocycles. The maximum atomic E-state index is 12.8. The van der Waals surface area contributed by atoms with Gasteiger partial charge in [0.2, 0.25) is 0 Å². The molecule has 1 heterocycles. The number of nitrogens with one attached hydrogen (secondary N) is 1. The lowest BCUT2D eigenvalue weighted by atomic mass is 9.92. The number of urea groups is 1. The second-order valence-electron chi connectivity index (χ2n) is 6.36. The highest BCUT2D eigenvalue weighted by Gasteiger charge is 2.49. The third-order valence-electron chi connectivity index (χ3n) is 4.57. The van der Waals surface area contributed by atoms with E-state index in [1.54, 1.807) is 44.5 Å². The normalized spacial score (nSPS) is 21.1. The van der Waals surface area contributed by atoms with Gasteiger partial charge in [0.05, 0.1) is 7.11 Å². The number of carbonyl (C=O) groups is 2. The molecule has 1 N–H and O–H groups in total. The molecule has 0 aromatic heterocycles. The summed E-state index contributed by atoms with van der Waals surface area (Å²) < 4.78 is 5.13. The van der Waals surface area contributed by atoms with Gasteiger partial charge in [-0.2, -0.15) is 5.10 Å². The zero-order chi connectivity index (χ0) is 18.7. The quantitative estimate of drug-likeness (QED) is 0.664. The van der Waals surface area contributed by atoms with Gasteiger partial charge in [0, 0.05) is 12.1 Å². The first-order chi connectivity index (χ1) is 12.5. The Kier molecular flexibility index (Phi) is 4.75. The molecule has 2 atom stereocenters. The number of rotatable bonds is 5. The Morgan fingerprint density at radius 1 is 1.12 bits per heavy atom. The number of ether oxygens (including phenoxy) is 1. The summed E-state index contributed by atoms with van der Waals surface area (Å²) in [5, 5.41) is 7.76. The van der Waals surface area contributed by atoms with Gasteiger partial charge in [-0.15, -0.1) is 5.01 Å². The first kappa shape index (κ1) is 17.7. The molecular formula is C20H21N3O3. The summed E-state index contributed by atoms with van der Waals surface area (Å²) in [7, 11) is 1.57. The molecule has 6 heteroatoms. The molecule has 0 unspecified atom stereocenters. The van der Waals surface area contributed by atoms with Crippen molar-refractivity contribution >= 4 is 18.2 Å². The molecule has 6 nitrogen and oxygen atoms in total. The Morgan fingerprint density at radius 2 is 1.77 bits per heavy atom. The van der Waals surface area contributed by atoms with Crippen LogP contribution in [0, 0.1) is 0 Å². The maximum Gasteiger partial charge on any atom is 0.346 e. The lowest BCUT2D eigenvalue weighted by molar-refractivity contribution is -0.131. The molecule has 1 aliphatic rings. The van der Waals surface area contributed by atoms with Crippen molar-refractivity contribution in [1.29, 1.82) is 0 Å². The molecule has 1 saturated heterocycles. The van der Waals surface area contributed by atoms with Crippen LogP contribution in [0.4, 0.5) is 4.79 Å². The molecule has 2 aromatic rings. The molecule has 0 bridgehead atoms. The highest BCUT2D eigenvalue weighted by atomic mass is 16.5. The molecule has 26 heavy (non-hydrogen) atoms. The minimum Gasteiger partial charge on any atom is -0.497 e. The van der Waals surface area contributed by atoms with Crippen molar-refractivity contribution in [3.8, 4) is 5.75 Å². The van der Waals surface area contributed by atoms with Crippen molar-refractivity contribution in [2.24, 2.45) is 5.10 Å². The summed E-state index contributed by atoms with van der Waals surface area (Å²) in [4.78, 5) is 25.1. The van der Waals surface area contributed by atoms with Gasteiger partial charge in [-0.1, -0.05) is 49.4 Å². The Balaban J connectivity index is 1.80. The summed E-state index contributed by atoms with van der Waals surface area (Å²) in [5.74, 6) is 0.245. The smallest absolute Gasteiger partial charge is 0.346 e. The van der Waals surface area contributed by atoms with Gasteiger partial charge in [-0.25, -0.2) is 4.79 Å². The van der Waals surface area contributed by atoms with E-state index < -0.39 is 17.5 Å². The van der Waals surface area contributed by atoms with Crippen LogP contribution in [0.15, 0.2) is 59.7 Å². The summed E-state index contributed by atoms with van der Waals surface area (Å²) in [6.07, 6.45) is 1.60. The van der Waals surface area contributed by atoms with Gasteiger partial charge >= 0.3 is 6.03 Å². The first-order valence-electron chi connectivity index (χ1n) is 8.36. The van der Waals surface area contributed by atoms with E-state index in [2.05, 4.69) is 10.4 Å². The second-order valence-corrected chi connectivity index (χ2v) is 6.36. The van der Waals surface area contributed by atoms with E-state index in [9.17, 15) is 9.59 Å². The van der Waals surface area contributed by atoms with Gasteiger partial charge in [0.25, 0.3) is 5.91 Å². The molecule has 3 amide bonds. The van der Waals surface area contributed by atoms with Crippen LogP contribution in [0.25, 0.3) is 0 Å². The molecule has 0 radical (unpaired) electrons. The van der Waals surface area contributed by atoms with Crippen molar-refractivity contribution in [2.75, 3.05) is 7.11 Å². The molecule has 3 rings (SSSR count). The SMILES string of the molecule is COc1ccc([C@]2(C)NC(=O)N(/N=C\[C@@H](C)c3ccccc3)C2=O)cc1. The van der Waals surface area contributed by atoms with Crippen LogP contribution in [0.2, 0.25) is 0 Å². The molecule has 0 spiro atoms. The maximum absolute atomic E-state index is 12.8. The topological polar surface area (TPSA) is 71.0 Å². The van der Waals surface area contributed by atoms with Gasteiger partial charge in [-0.05, 0) is 30.2 Å². The van der Waals surface area contributed by atoms with Crippen LogP contribution in [0.3, 0.4) is 0 Å². The number of hydrogen-bond acceptors (Lipinski definition) is 4. The van der Waals surface area contributed by atoms with Crippen LogP contribution in [0.5, 0.6) is 5.75 Å². The fourth-order valence-corrected chi connectivity index (χ4v) is 2.86. The fraction of sp³-hybridized carbons (Fsp3) is 0.250. The van der Waals surface area contributed by atoms with Gasteiger partial charge < -0.3 is 10.1 Å². The average molecular weight is 351 g/mol. The van der Waals surface area contributed by atoms with E-state index in [4.69, 9.17) is 4.74 Å². The van der Waals surface area contributed by atoms with E-state index in [1.165, 1.54) is 0 Å².